The highest BCUT2D eigenvalue weighted by Gasteiger charge is 2.27. The second kappa shape index (κ2) is 5.57. The van der Waals surface area contributed by atoms with Gasteiger partial charge in [0.15, 0.2) is 5.44 Å². The van der Waals surface area contributed by atoms with Crippen LogP contribution in [0.1, 0.15) is 39.5 Å². The Morgan fingerprint density at radius 1 is 1.31 bits per heavy atom. The molecule has 2 unspecified atom stereocenters. The SMILES string of the molecule is CCCCC(CC)C(O)S(=O)(=O)O. The lowest BCUT2D eigenvalue weighted by atomic mass is 10.0. The summed E-state index contributed by atoms with van der Waals surface area (Å²) in [6.45, 7) is 3.79. The van der Waals surface area contributed by atoms with Crippen molar-refractivity contribution in [3.05, 3.63) is 0 Å². The van der Waals surface area contributed by atoms with E-state index in [0.717, 1.165) is 12.8 Å². The minimum Gasteiger partial charge on any atom is -0.375 e. The van der Waals surface area contributed by atoms with Crippen molar-refractivity contribution in [2.75, 3.05) is 0 Å². The highest BCUT2D eigenvalue weighted by molar-refractivity contribution is 7.86. The van der Waals surface area contributed by atoms with E-state index in [1.54, 1.807) is 6.92 Å². The Labute approximate surface area is 79.7 Å². The van der Waals surface area contributed by atoms with Gasteiger partial charge in [-0.15, -0.1) is 0 Å². The summed E-state index contributed by atoms with van der Waals surface area (Å²) >= 11 is 0. The van der Waals surface area contributed by atoms with Crippen LogP contribution < -0.4 is 0 Å². The molecular weight excluding hydrogens is 192 g/mol. The normalized spacial score (nSPS) is 16.9. The molecule has 0 aliphatic heterocycles. The molecule has 0 aromatic heterocycles. The van der Waals surface area contributed by atoms with Crippen LogP contribution in [0.25, 0.3) is 0 Å². The zero-order valence-electron chi connectivity index (χ0n) is 8.10. The number of hydrogen-bond acceptors (Lipinski definition) is 3. The van der Waals surface area contributed by atoms with E-state index in [4.69, 9.17) is 4.55 Å². The van der Waals surface area contributed by atoms with Crippen LogP contribution in [0.5, 0.6) is 0 Å². The van der Waals surface area contributed by atoms with E-state index >= 15 is 0 Å². The summed E-state index contributed by atoms with van der Waals surface area (Å²) in [4.78, 5) is 0. The van der Waals surface area contributed by atoms with E-state index < -0.39 is 15.6 Å². The van der Waals surface area contributed by atoms with Crippen molar-refractivity contribution in [2.45, 2.75) is 45.0 Å². The summed E-state index contributed by atoms with van der Waals surface area (Å²) in [7, 11) is -4.29. The van der Waals surface area contributed by atoms with Crippen LogP contribution in [0.2, 0.25) is 0 Å². The first kappa shape index (κ1) is 12.9. The molecular formula is C8H18O4S. The molecule has 0 rings (SSSR count). The fourth-order valence-electron chi connectivity index (χ4n) is 1.26. The molecule has 5 heteroatoms. The Kier molecular flexibility index (Phi) is 5.51. The summed E-state index contributed by atoms with van der Waals surface area (Å²) in [5, 5.41) is 9.23. The van der Waals surface area contributed by atoms with Gasteiger partial charge >= 0.3 is 0 Å². The lowest BCUT2D eigenvalue weighted by Gasteiger charge is -2.18. The Morgan fingerprint density at radius 3 is 2.15 bits per heavy atom. The third-order valence-corrected chi connectivity index (χ3v) is 3.16. The van der Waals surface area contributed by atoms with Crippen LogP contribution in [-0.2, 0) is 10.1 Å². The molecule has 0 bridgehead atoms. The molecule has 2 N–H and O–H groups in total. The largest absolute Gasteiger partial charge is 0.375 e. The molecule has 0 amide bonds. The van der Waals surface area contributed by atoms with Gasteiger partial charge in [-0.1, -0.05) is 26.7 Å². The van der Waals surface area contributed by atoms with E-state index in [-0.39, 0.29) is 5.92 Å². The highest BCUT2D eigenvalue weighted by atomic mass is 32.2. The first-order valence-electron chi connectivity index (χ1n) is 4.57. The summed E-state index contributed by atoms with van der Waals surface area (Å²) in [5.74, 6) is -0.352. The van der Waals surface area contributed by atoms with E-state index in [2.05, 4.69) is 0 Å². The molecule has 0 aromatic carbocycles. The minimum atomic E-state index is -4.29. The summed E-state index contributed by atoms with van der Waals surface area (Å²) in [6.07, 6.45) is 3.01. The molecule has 0 aromatic rings. The molecule has 4 nitrogen and oxygen atoms in total. The zero-order chi connectivity index (χ0) is 10.5. The van der Waals surface area contributed by atoms with Crippen LogP contribution in [0, 0.1) is 5.92 Å². The fraction of sp³-hybridized carbons (Fsp3) is 1.00. The van der Waals surface area contributed by atoms with Crippen molar-refractivity contribution in [2.24, 2.45) is 5.92 Å². The van der Waals surface area contributed by atoms with Gasteiger partial charge in [0, 0.05) is 5.92 Å². The Bertz CT molecular complexity index is 222. The van der Waals surface area contributed by atoms with E-state index in [0.29, 0.717) is 12.8 Å². The number of aliphatic hydroxyl groups excluding tert-OH is 1. The first-order valence-corrected chi connectivity index (χ1v) is 6.08. The zero-order valence-corrected chi connectivity index (χ0v) is 8.92. The van der Waals surface area contributed by atoms with Gasteiger partial charge in [0.25, 0.3) is 10.1 Å². The molecule has 0 aliphatic carbocycles. The fourth-order valence-corrected chi connectivity index (χ4v) is 2.07. The summed E-state index contributed by atoms with van der Waals surface area (Å²) in [5.41, 5.74) is -1.62. The summed E-state index contributed by atoms with van der Waals surface area (Å²) < 4.78 is 29.8. The summed E-state index contributed by atoms with van der Waals surface area (Å²) in [6, 6.07) is 0. The number of aliphatic hydroxyl groups is 1. The van der Waals surface area contributed by atoms with Crippen LogP contribution in [0.4, 0.5) is 0 Å². The maximum atomic E-state index is 10.6. The predicted octanol–water partition coefficient (Wildman–Crippen LogP) is 1.41. The Morgan fingerprint density at radius 2 is 1.85 bits per heavy atom. The quantitative estimate of drug-likeness (QED) is 0.650. The van der Waals surface area contributed by atoms with Crippen molar-refractivity contribution in [1.82, 2.24) is 0 Å². The van der Waals surface area contributed by atoms with Crippen molar-refractivity contribution in [3.63, 3.8) is 0 Å². The molecule has 0 aliphatic rings. The van der Waals surface area contributed by atoms with Crippen molar-refractivity contribution < 1.29 is 18.1 Å². The Balaban J connectivity index is 4.24. The highest BCUT2D eigenvalue weighted by Crippen LogP contribution is 2.19. The standard InChI is InChI=1S/C8H18O4S/c1-3-5-6-7(4-2)8(9)13(10,11)12/h7-9H,3-6H2,1-2H3,(H,10,11,12). The molecule has 0 radical (unpaired) electrons. The minimum absolute atomic E-state index is 0.352. The van der Waals surface area contributed by atoms with Gasteiger partial charge < -0.3 is 5.11 Å². The van der Waals surface area contributed by atoms with E-state index in [1.165, 1.54) is 0 Å². The van der Waals surface area contributed by atoms with Crippen molar-refractivity contribution in [3.8, 4) is 0 Å². The molecule has 0 spiro atoms. The lowest BCUT2D eigenvalue weighted by molar-refractivity contribution is 0.157. The van der Waals surface area contributed by atoms with Gasteiger partial charge in [-0.2, -0.15) is 8.42 Å². The number of hydrogen-bond donors (Lipinski definition) is 2. The average Bonchev–Trinajstić information content (AvgIpc) is 2.04. The molecule has 0 saturated carbocycles. The van der Waals surface area contributed by atoms with Crippen LogP contribution in [0.15, 0.2) is 0 Å². The third-order valence-electron chi connectivity index (χ3n) is 2.16. The second-order valence-corrected chi connectivity index (χ2v) is 4.73. The van der Waals surface area contributed by atoms with Crippen molar-refractivity contribution in [1.29, 1.82) is 0 Å². The van der Waals surface area contributed by atoms with Crippen molar-refractivity contribution >= 4 is 10.1 Å². The maximum absolute atomic E-state index is 10.6. The lowest BCUT2D eigenvalue weighted by Crippen LogP contribution is -2.28. The monoisotopic (exact) mass is 210 g/mol. The third kappa shape index (κ3) is 4.59. The molecule has 0 fully saturated rings. The predicted molar refractivity (Wildman–Crippen MR) is 50.9 cm³/mol. The average molecular weight is 210 g/mol. The van der Waals surface area contributed by atoms with Gasteiger partial charge in [0.1, 0.15) is 0 Å². The second-order valence-electron chi connectivity index (χ2n) is 3.22. The molecule has 0 heterocycles. The topological polar surface area (TPSA) is 74.6 Å². The van der Waals surface area contributed by atoms with E-state index in [1.807, 2.05) is 6.92 Å². The first-order chi connectivity index (χ1) is 5.93. The molecule has 80 valence electrons. The number of rotatable bonds is 6. The van der Waals surface area contributed by atoms with Crippen LogP contribution in [-0.4, -0.2) is 23.5 Å². The number of unbranched alkanes of at least 4 members (excludes halogenated alkanes) is 1. The van der Waals surface area contributed by atoms with Gasteiger partial charge in [0.2, 0.25) is 0 Å². The van der Waals surface area contributed by atoms with Gasteiger partial charge in [-0.3, -0.25) is 4.55 Å². The van der Waals surface area contributed by atoms with Crippen LogP contribution >= 0.6 is 0 Å². The smallest absolute Gasteiger partial charge is 0.292 e. The van der Waals surface area contributed by atoms with Crippen LogP contribution in [0.3, 0.4) is 0 Å². The van der Waals surface area contributed by atoms with E-state index in [9.17, 15) is 13.5 Å². The van der Waals surface area contributed by atoms with Gasteiger partial charge in [0.05, 0.1) is 0 Å². The molecule has 0 saturated heterocycles. The van der Waals surface area contributed by atoms with Gasteiger partial charge in [-0.25, -0.2) is 0 Å². The Hall–Kier alpha value is -0.130. The molecule has 2 atom stereocenters. The molecule has 13 heavy (non-hydrogen) atoms. The maximum Gasteiger partial charge on any atom is 0.292 e. The van der Waals surface area contributed by atoms with Gasteiger partial charge in [-0.05, 0) is 12.8 Å².